The molecule has 1 amide bonds. The number of carbonyl (C=O) groups excluding carboxylic acids is 1. The molecule has 0 bridgehead atoms. The number of rotatable bonds is 10. The van der Waals surface area contributed by atoms with E-state index in [0.29, 0.717) is 41.6 Å². The molecule has 0 aliphatic heterocycles. The molecule has 4 aromatic rings. The lowest BCUT2D eigenvalue weighted by Crippen LogP contribution is -2.23. The maximum absolute atomic E-state index is 12.5. The third-order valence-corrected chi connectivity index (χ3v) is 5.98. The van der Waals surface area contributed by atoms with Gasteiger partial charge in [0, 0.05) is 18.0 Å². The molecule has 0 aliphatic carbocycles. The van der Waals surface area contributed by atoms with Crippen molar-refractivity contribution in [2.75, 3.05) is 20.8 Å². The summed E-state index contributed by atoms with van der Waals surface area (Å²) in [7, 11) is 3.21. The lowest BCUT2D eigenvalue weighted by Gasteiger charge is -2.15. The number of hydrogen-bond acceptors (Lipinski definition) is 5. The van der Waals surface area contributed by atoms with Crippen LogP contribution >= 0.6 is 0 Å². The van der Waals surface area contributed by atoms with Gasteiger partial charge in [-0.2, -0.15) is 0 Å². The number of carbonyl (C=O) groups is 1. The predicted molar refractivity (Wildman–Crippen MR) is 142 cm³/mol. The molecule has 6 nitrogen and oxygen atoms in total. The van der Waals surface area contributed by atoms with Crippen molar-refractivity contribution in [1.29, 1.82) is 0 Å². The average Bonchev–Trinajstić information content (AvgIpc) is 3.35. The van der Waals surface area contributed by atoms with Crippen LogP contribution in [-0.2, 0) is 11.2 Å². The predicted octanol–water partition coefficient (Wildman–Crippen LogP) is 6.35. The second kappa shape index (κ2) is 11.5. The van der Waals surface area contributed by atoms with E-state index < -0.39 is 0 Å². The number of furan rings is 1. The van der Waals surface area contributed by atoms with Crippen LogP contribution in [0.1, 0.15) is 36.8 Å². The highest BCUT2D eigenvalue weighted by Gasteiger charge is 2.14. The minimum absolute atomic E-state index is 0.126. The molecule has 0 radical (unpaired) electrons. The highest BCUT2D eigenvalue weighted by Crippen LogP contribution is 2.34. The van der Waals surface area contributed by atoms with Gasteiger partial charge in [-0.3, -0.25) is 4.79 Å². The topological polar surface area (TPSA) is 69.9 Å². The number of benzene rings is 3. The molecule has 0 saturated carbocycles. The highest BCUT2D eigenvalue weighted by atomic mass is 16.5. The Morgan fingerprint density at radius 1 is 0.944 bits per heavy atom. The van der Waals surface area contributed by atoms with Gasteiger partial charge < -0.3 is 23.9 Å². The number of methoxy groups -OCH3 is 2. The number of ether oxygens (including phenoxy) is 3. The summed E-state index contributed by atoms with van der Waals surface area (Å²) in [6, 6.07) is 23.5. The number of nitrogens with one attached hydrogen (secondary N) is 1. The van der Waals surface area contributed by atoms with Gasteiger partial charge in [-0.25, -0.2) is 0 Å². The van der Waals surface area contributed by atoms with Crippen molar-refractivity contribution in [3.8, 4) is 17.2 Å². The van der Waals surface area contributed by atoms with Crippen LogP contribution in [0.4, 0.5) is 0 Å². The Morgan fingerprint density at radius 3 is 2.47 bits per heavy atom. The summed E-state index contributed by atoms with van der Waals surface area (Å²) in [6.07, 6.45) is 2.10. The van der Waals surface area contributed by atoms with Gasteiger partial charge in [0.25, 0.3) is 0 Å². The minimum Gasteiger partial charge on any atom is -0.493 e. The molecule has 1 heterocycles. The lowest BCUT2D eigenvalue weighted by atomic mass is 10.1. The van der Waals surface area contributed by atoms with Gasteiger partial charge >= 0.3 is 0 Å². The first kappa shape index (κ1) is 24.9. The summed E-state index contributed by atoms with van der Waals surface area (Å²) in [6.45, 7) is 4.36. The molecule has 4 rings (SSSR count). The minimum atomic E-state index is -0.178. The fourth-order valence-electron chi connectivity index (χ4n) is 3.99. The van der Waals surface area contributed by atoms with E-state index in [9.17, 15) is 4.79 Å². The van der Waals surface area contributed by atoms with Gasteiger partial charge in [0.15, 0.2) is 22.8 Å². The number of amides is 1. The van der Waals surface area contributed by atoms with Crippen LogP contribution in [0, 0.1) is 0 Å². The Hall–Kier alpha value is -4.19. The second-order valence-corrected chi connectivity index (χ2v) is 8.51. The van der Waals surface area contributed by atoms with E-state index in [4.69, 9.17) is 18.6 Å². The zero-order chi connectivity index (χ0) is 25.5. The molecule has 0 fully saturated rings. The number of hydrogen-bond donors (Lipinski definition) is 1. The Bertz CT molecular complexity index is 1360. The van der Waals surface area contributed by atoms with E-state index in [1.807, 2.05) is 86.6 Å². The Kier molecular flexibility index (Phi) is 7.95. The van der Waals surface area contributed by atoms with Gasteiger partial charge in [-0.1, -0.05) is 48.5 Å². The molecule has 0 spiro atoms. The van der Waals surface area contributed by atoms with Crippen molar-refractivity contribution >= 4 is 22.4 Å². The third kappa shape index (κ3) is 5.89. The van der Waals surface area contributed by atoms with Gasteiger partial charge in [-0.15, -0.1) is 0 Å². The molecule has 3 aromatic carbocycles. The van der Waals surface area contributed by atoms with Crippen molar-refractivity contribution in [2.45, 2.75) is 26.4 Å². The van der Waals surface area contributed by atoms with Crippen LogP contribution < -0.4 is 19.5 Å². The summed E-state index contributed by atoms with van der Waals surface area (Å²) < 4.78 is 22.9. The van der Waals surface area contributed by atoms with E-state index in [1.165, 1.54) is 0 Å². The fraction of sp³-hybridized carbons (Fsp3) is 0.233. The van der Waals surface area contributed by atoms with E-state index in [0.717, 1.165) is 22.1 Å². The van der Waals surface area contributed by atoms with Crippen molar-refractivity contribution in [3.63, 3.8) is 0 Å². The molecule has 0 aliphatic rings. The quantitative estimate of drug-likeness (QED) is 0.265. The van der Waals surface area contributed by atoms with Crippen molar-refractivity contribution in [2.24, 2.45) is 0 Å². The lowest BCUT2D eigenvalue weighted by molar-refractivity contribution is -0.116. The van der Waals surface area contributed by atoms with Crippen LogP contribution in [0.2, 0.25) is 0 Å². The average molecular weight is 486 g/mol. The summed E-state index contributed by atoms with van der Waals surface area (Å²) in [5.74, 6) is 2.47. The molecule has 0 saturated heterocycles. The van der Waals surface area contributed by atoms with E-state index in [1.54, 1.807) is 20.3 Å². The first-order valence-corrected chi connectivity index (χ1v) is 11.9. The maximum Gasteiger partial charge on any atom is 0.244 e. The molecular formula is C30H31NO5. The number of para-hydroxylation sites is 1. The monoisotopic (exact) mass is 485 g/mol. The third-order valence-electron chi connectivity index (χ3n) is 5.98. The first-order chi connectivity index (χ1) is 17.5. The number of fused-ring (bicyclic) bond motifs is 1. The molecule has 1 atom stereocenters. The maximum atomic E-state index is 12.5. The van der Waals surface area contributed by atoms with Crippen molar-refractivity contribution < 1.29 is 23.4 Å². The first-order valence-electron chi connectivity index (χ1n) is 11.9. The van der Waals surface area contributed by atoms with Gasteiger partial charge in [0.05, 0.1) is 14.2 Å². The molecular weight excluding hydrogens is 454 g/mol. The van der Waals surface area contributed by atoms with Crippen LogP contribution in [-0.4, -0.2) is 26.7 Å². The molecule has 1 aromatic heterocycles. The number of allylic oxidation sites excluding steroid dienone is 1. The molecule has 1 N–H and O–H groups in total. The second-order valence-electron chi connectivity index (χ2n) is 8.51. The van der Waals surface area contributed by atoms with Gasteiger partial charge in [-0.05, 0) is 61.2 Å². The van der Waals surface area contributed by atoms with Crippen molar-refractivity contribution in [3.05, 3.63) is 95.8 Å². The summed E-state index contributed by atoms with van der Waals surface area (Å²) in [4.78, 5) is 12.5. The SMILES string of the molecule is COc1ccc(CCNC(=O)C=C(C)c2cc3cccc(OC(C)c4ccccc4)c3o2)cc1OC. The van der Waals surface area contributed by atoms with E-state index in [2.05, 4.69) is 5.32 Å². The standard InChI is InChI=1S/C30H31NO5/c1-20(17-29(32)31-16-15-22-13-14-25(33-3)28(18-22)34-4)27-19-24-11-8-12-26(30(24)36-27)35-21(2)23-9-6-5-7-10-23/h5-14,17-19,21H,15-16H2,1-4H3,(H,31,32). The van der Waals surface area contributed by atoms with Crippen LogP contribution in [0.25, 0.3) is 16.5 Å². The molecule has 186 valence electrons. The Labute approximate surface area is 211 Å². The Morgan fingerprint density at radius 2 is 1.72 bits per heavy atom. The zero-order valence-electron chi connectivity index (χ0n) is 21.0. The van der Waals surface area contributed by atoms with E-state index >= 15 is 0 Å². The van der Waals surface area contributed by atoms with E-state index in [-0.39, 0.29) is 12.0 Å². The summed E-state index contributed by atoms with van der Waals surface area (Å²) >= 11 is 0. The highest BCUT2D eigenvalue weighted by molar-refractivity contribution is 5.95. The summed E-state index contributed by atoms with van der Waals surface area (Å²) in [5, 5.41) is 3.85. The van der Waals surface area contributed by atoms with Gasteiger partial charge in [0.1, 0.15) is 11.9 Å². The Balaban J connectivity index is 1.40. The van der Waals surface area contributed by atoms with Crippen LogP contribution in [0.3, 0.4) is 0 Å². The largest absolute Gasteiger partial charge is 0.493 e. The molecule has 6 heteroatoms. The van der Waals surface area contributed by atoms with Crippen molar-refractivity contribution in [1.82, 2.24) is 5.32 Å². The summed E-state index contributed by atoms with van der Waals surface area (Å²) in [5.41, 5.74) is 3.53. The van der Waals surface area contributed by atoms with Crippen LogP contribution in [0.5, 0.6) is 17.2 Å². The fourth-order valence-corrected chi connectivity index (χ4v) is 3.99. The van der Waals surface area contributed by atoms with Gasteiger partial charge in [0.2, 0.25) is 5.91 Å². The molecule has 36 heavy (non-hydrogen) atoms. The molecule has 1 unspecified atom stereocenters. The zero-order valence-corrected chi connectivity index (χ0v) is 21.0. The smallest absolute Gasteiger partial charge is 0.244 e. The normalized spacial score (nSPS) is 12.3. The van der Waals surface area contributed by atoms with Crippen LogP contribution in [0.15, 0.2) is 83.3 Å².